The molecule has 4 rings (SSSR count). The molecule has 2 nitrogen and oxygen atoms in total. The fourth-order valence-electron chi connectivity index (χ4n) is 3.59. The Kier molecular flexibility index (Phi) is 14.3. The largest absolute Gasteiger partial charge is 2.00 e. The molecule has 0 fully saturated rings. The van der Waals surface area contributed by atoms with E-state index < -0.39 is 0 Å². The van der Waals surface area contributed by atoms with Crippen molar-refractivity contribution in [2.75, 3.05) is 0 Å². The van der Waals surface area contributed by atoms with Gasteiger partial charge in [-0.1, -0.05) is 130 Å². The Labute approximate surface area is 252 Å². The van der Waals surface area contributed by atoms with Crippen molar-refractivity contribution in [2.24, 2.45) is 0 Å². The average Bonchev–Trinajstić information content (AvgIpc) is 2.91. The molecule has 0 radical (unpaired) electrons. The molecule has 0 saturated carbocycles. The van der Waals surface area contributed by atoms with Crippen molar-refractivity contribution in [1.82, 2.24) is 9.80 Å². The van der Waals surface area contributed by atoms with Gasteiger partial charge in [0.05, 0.1) is 0 Å². The van der Waals surface area contributed by atoms with E-state index in [0.29, 0.717) is 8.64 Å². The zero-order valence-corrected chi connectivity index (χ0v) is 24.5. The first kappa shape index (κ1) is 30.8. The molecule has 4 aromatic rings. The molecule has 0 saturated heterocycles. The molecule has 7 heteroatoms. The Bertz CT molecular complexity index is 1010. The van der Waals surface area contributed by atoms with Gasteiger partial charge in [-0.3, -0.25) is 0 Å². The van der Waals surface area contributed by atoms with E-state index in [2.05, 4.69) is 48.5 Å². The molecule has 0 spiro atoms. The monoisotopic (exact) mass is 602 g/mol. The van der Waals surface area contributed by atoms with E-state index in [0.717, 1.165) is 26.2 Å². The standard InChI is InChI=1S/2C15H15NS2.Ni/c2*17-15(18)16(11-13-7-3-1-4-8-13)12-14-9-5-2-6-10-14;/h2*1-10H,11-12H2,(H,17,18);/q;;+2/p-2. The summed E-state index contributed by atoms with van der Waals surface area (Å²) in [4.78, 5) is 4.07. The second-order valence-electron chi connectivity index (χ2n) is 8.19. The van der Waals surface area contributed by atoms with E-state index >= 15 is 0 Å². The Morgan fingerprint density at radius 2 is 0.622 bits per heavy atom. The molecular formula is C30H28N2NiS4. The van der Waals surface area contributed by atoms with Gasteiger partial charge < -0.3 is 59.5 Å². The van der Waals surface area contributed by atoms with Crippen LogP contribution in [0.1, 0.15) is 22.3 Å². The van der Waals surface area contributed by atoms with Crippen LogP contribution in [-0.4, -0.2) is 18.4 Å². The summed E-state index contributed by atoms with van der Waals surface area (Å²) in [6.45, 7) is 3.05. The predicted molar refractivity (Wildman–Crippen MR) is 164 cm³/mol. The fourth-order valence-corrected chi connectivity index (χ4v) is 4.10. The summed E-state index contributed by atoms with van der Waals surface area (Å²) < 4.78 is 1.03. The molecule has 0 N–H and O–H groups in total. The topological polar surface area (TPSA) is 6.48 Å². The van der Waals surface area contributed by atoms with Gasteiger partial charge in [0, 0.05) is 26.2 Å². The minimum atomic E-state index is 0. The van der Waals surface area contributed by atoms with E-state index in [1.54, 1.807) is 0 Å². The fraction of sp³-hybridized carbons (Fsp3) is 0.133. The third-order valence-corrected chi connectivity index (χ3v) is 6.41. The first-order valence-electron chi connectivity index (χ1n) is 11.6. The molecule has 0 aliphatic carbocycles. The van der Waals surface area contributed by atoms with Crippen molar-refractivity contribution in [3.63, 3.8) is 0 Å². The first-order chi connectivity index (χ1) is 17.5. The smallest absolute Gasteiger partial charge is 0.411 e. The van der Waals surface area contributed by atoms with Crippen molar-refractivity contribution < 1.29 is 16.5 Å². The zero-order valence-electron chi connectivity index (χ0n) is 20.2. The molecule has 37 heavy (non-hydrogen) atoms. The van der Waals surface area contributed by atoms with Gasteiger partial charge in [-0.2, -0.15) is 0 Å². The predicted octanol–water partition coefficient (Wildman–Crippen LogP) is 7.04. The molecule has 4 aromatic carbocycles. The Balaban J connectivity index is 0.000000253. The van der Waals surface area contributed by atoms with Crippen LogP contribution in [0, 0.1) is 0 Å². The van der Waals surface area contributed by atoms with Crippen molar-refractivity contribution in [3.8, 4) is 0 Å². The summed E-state index contributed by atoms with van der Waals surface area (Å²) in [5.74, 6) is 0. The third kappa shape index (κ3) is 11.7. The number of nitrogens with zero attached hydrogens (tertiary/aromatic N) is 2. The molecule has 0 aliphatic heterocycles. The second kappa shape index (κ2) is 17.2. The summed E-state index contributed by atoms with van der Waals surface area (Å²) >= 11 is 20.6. The average molecular weight is 604 g/mol. The van der Waals surface area contributed by atoms with Crippen LogP contribution in [0.4, 0.5) is 0 Å². The van der Waals surface area contributed by atoms with E-state index in [9.17, 15) is 0 Å². The van der Waals surface area contributed by atoms with Crippen LogP contribution in [0.3, 0.4) is 0 Å². The Morgan fingerprint density at radius 3 is 0.784 bits per heavy atom. The maximum Gasteiger partial charge on any atom is 2.00 e. The second-order valence-corrected chi connectivity index (χ2v) is 10.2. The molecular weight excluding hydrogens is 575 g/mol. The number of thiocarbonyl (C=S) groups is 2. The molecule has 192 valence electrons. The van der Waals surface area contributed by atoms with Crippen LogP contribution in [0.5, 0.6) is 0 Å². The van der Waals surface area contributed by atoms with Crippen LogP contribution in [0.2, 0.25) is 0 Å². The molecule has 0 atom stereocenters. The van der Waals surface area contributed by atoms with E-state index in [4.69, 9.17) is 49.7 Å². The summed E-state index contributed by atoms with van der Waals surface area (Å²) in [5.41, 5.74) is 4.89. The molecule has 0 amide bonds. The Hall–Kier alpha value is -2.41. The third-order valence-electron chi connectivity index (χ3n) is 5.38. The SMILES string of the molecule is S=C([S-])N(Cc1ccccc1)Cc1ccccc1.S=C([S-])N(Cc1ccccc1)Cc1ccccc1.[Ni+2]. The first-order valence-corrected chi connectivity index (χ1v) is 13.2. The van der Waals surface area contributed by atoms with Crippen LogP contribution in [-0.2, 0) is 67.9 Å². The molecule has 0 bridgehead atoms. The quantitative estimate of drug-likeness (QED) is 0.120. The van der Waals surface area contributed by atoms with Gasteiger partial charge >= 0.3 is 16.5 Å². The number of benzene rings is 4. The van der Waals surface area contributed by atoms with Crippen molar-refractivity contribution in [3.05, 3.63) is 144 Å². The molecule has 0 heterocycles. The zero-order chi connectivity index (χ0) is 25.6. The Morgan fingerprint density at radius 1 is 0.432 bits per heavy atom. The number of hydrogen-bond donors (Lipinski definition) is 0. The maximum absolute atomic E-state index is 5.16. The summed E-state index contributed by atoms with van der Waals surface area (Å²) in [6, 6.07) is 41.0. The molecule has 0 aliphatic rings. The van der Waals surface area contributed by atoms with E-state index in [1.807, 2.05) is 82.6 Å². The minimum absolute atomic E-state index is 0. The normalized spacial score (nSPS) is 9.73. The molecule has 0 aromatic heterocycles. The summed E-state index contributed by atoms with van der Waals surface area (Å²) in [7, 11) is 0. The van der Waals surface area contributed by atoms with Gasteiger partial charge in [0.25, 0.3) is 0 Å². The van der Waals surface area contributed by atoms with Crippen LogP contribution < -0.4 is 0 Å². The number of hydrogen-bond acceptors (Lipinski definition) is 4. The van der Waals surface area contributed by atoms with Crippen LogP contribution >= 0.6 is 24.4 Å². The maximum atomic E-state index is 5.16. The van der Waals surface area contributed by atoms with Crippen molar-refractivity contribution >= 4 is 58.3 Å². The summed E-state index contributed by atoms with van der Waals surface area (Å²) in [5, 5.41) is 0. The van der Waals surface area contributed by atoms with Gasteiger partial charge in [-0.15, -0.1) is 0 Å². The van der Waals surface area contributed by atoms with Gasteiger partial charge in [-0.25, -0.2) is 0 Å². The van der Waals surface area contributed by atoms with E-state index in [-0.39, 0.29) is 16.5 Å². The van der Waals surface area contributed by atoms with Gasteiger partial charge in [-0.05, 0) is 22.3 Å². The van der Waals surface area contributed by atoms with Gasteiger partial charge in [0.15, 0.2) is 0 Å². The van der Waals surface area contributed by atoms with Crippen molar-refractivity contribution in [2.45, 2.75) is 26.2 Å². The summed E-state index contributed by atoms with van der Waals surface area (Å²) in [6.07, 6.45) is 0. The van der Waals surface area contributed by atoms with Crippen LogP contribution in [0.25, 0.3) is 0 Å². The number of rotatable bonds is 8. The van der Waals surface area contributed by atoms with E-state index in [1.165, 1.54) is 22.3 Å². The van der Waals surface area contributed by atoms with Crippen LogP contribution in [0.15, 0.2) is 121 Å². The minimum Gasteiger partial charge on any atom is -0.411 e. The van der Waals surface area contributed by atoms with Crippen molar-refractivity contribution in [1.29, 1.82) is 0 Å². The van der Waals surface area contributed by atoms with Gasteiger partial charge in [0.2, 0.25) is 0 Å². The molecule has 0 unspecified atom stereocenters. The van der Waals surface area contributed by atoms with Gasteiger partial charge in [0.1, 0.15) is 0 Å².